The molecular weight excluding hydrogens is 500 g/mol. The molecule has 1 aliphatic rings. The van der Waals surface area contributed by atoms with Gasteiger partial charge in [-0.1, -0.05) is 54.2 Å². The Balaban J connectivity index is 1.89. The van der Waals surface area contributed by atoms with Gasteiger partial charge in [-0.25, -0.2) is 14.0 Å². The van der Waals surface area contributed by atoms with Crippen LogP contribution in [-0.2, 0) is 24.6 Å². The lowest BCUT2D eigenvalue weighted by atomic mass is 9.92. The van der Waals surface area contributed by atoms with Crippen molar-refractivity contribution in [1.82, 2.24) is 0 Å². The largest absolute Gasteiger partial charge is 0.465 e. The maximum atomic E-state index is 15.9. The van der Waals surface area contributed by atoms with Gasteiger partial charge >= 0.3 is 18.1 Å². The number of rotatable bonds is 5. The highest BCUT2D eigenvalue weighted by atomic mass is 32.2. The summed E-state index contributed by atoms with van der Waals surface area (Å²) in [7, 11) is 1.93. The highest BCUT2D eigenvalue weighted by Crippen LogP contribution is 2.48. The Labute approximate surface area is 207 Å². The van der Waals surface area contributed by atoms with Crippen molar-refractivity contribution < 1.29 is 41.4 Å². The van der Waals surface area contributed by atoms with Gasteiger partial charge in [0.05, 0.1) is 12.7 Å². The molecule has 0 amide bonds. The van der Waals surface area contributed by atoms with E-state index in [1.807, 2.05) is 0 Å². The van der Waals surface area contributed by atoms with Crippen LogP contribution >= 0.6 is 11.8 Å². The predicted molar refractivity (Wildman–Crippen MR) is 124 cm³/mol. The van der Waals surface area contributed by atoms with E-state index in [2.05, 4.69) is 0 Å². The average Bonchev–Trinajstić information content (AvgIpc) is 2.98. The predicted octanol–water partition coefficient (Wildman–Crippen LogP) is 6.38. The van der Waals surface area contributed by atoms with Crippen LogP contribution in [0.3, 0.4) is 0 Å². The van der Waals surface area contributed by atoms with Crippen molar-refractivity contribution in [3.63, 3.8) is 0 Å². The minimum atomic E-state index is -5.23. The molecule has 0 aliphatic carbocycles. The molecule has 0 saturated carbocycles. The summed E-state index contributed by atoms with van der Waals surface area (Å²) in [6.07, 6.45) is -5.23. The number of benzene rings is 3. The van der Waals surface area contributed by atoms with Crippen molar-refractivity contribution in [3.05, 3.63) is 95.1 Å². The van der Waals surface area contributed by atoms with Crippen LogP contribution in [-0.4, -0.2) is 32.3 Å². The maximum absolute atomic E-state index is 15.9. The molecule has 3 aromatic carbocycles. The molecule has 3 aromatic rings. The molecule has 1 unspecified atom stereocenters. The molecule has 186 valence electrons. The molecule has 0 N–H and O–H groups in total. The first-order chi connectivity index (χ1) is 17.1. The molecule has 0 fully saturated rings. The van der Waals surface area contributed by atoms with Gasteiger partial charge in [0.15, 0.2) is 11.6 Å². The number of carbonyl (C=O) groups excluding carboxylic acids is 2. The Bertz CT molecular complexity index is 1350. The van der Waals surface area contributed by atoms with Crippen molar-refractivity contribution in [2.45, 2.75) is 21.6 Å². The number of ether oxygens (including phenoxy) is 3. The van der Waals surface area contributed by atoms with E-state index in [0.717, 1.165) is 31.0 Å². The molecular formula is C26H18F4O5S. The lowest BCUT2D eigenvalue weighted by molar-refractivity contribution is -0.273. The number of halogens is 4. The lowest BCUT2D eigenvalue weighted by Crippen LogP contribution is -2.51. The molecule has 36 heavy (non-hydrogen) atoms. The number of hydrogen-bond donors (Lipinski definition) is 0. The van der Waals surface area contributed by atoms with E-state index in [4.69, 9.17) is 14.2 Å². The fraction of sp³-hybridized carbons (Fsp3) is 0.154. The highest BCUT2D eigenvalue weighted by molar-refractivity contribution is 7.99. The van der Waals surface area contributed by atoms with Crippen LogP contribution in [0.25, 0.3) is 11.6 Å². The number of alkyl halides is 3. The molecule has 1 aliphatic heterocycles. The Morgan fingerprint density at radius 2 is 1.50 bits per heavy atom. The highest BCUT2D eigenvalue weighted by Gasteiger charge is 2.64. The van der Waals surface area contributed by atoms with E-state index in [1.165, 1.54) is 55.6 Å². The summed E-state index contributed by atoms with van der Waals surface area (Å²) in [5.41, 5.74) is -3.89. The van der Waals surface area contributed by atoms with Crippen LogP contribution in [0.1, 0.15) is 27.0 Å². The molecule has 4 rings (SSSR count). The van der Waals surface area contributed by atoms with Crippen molar-refractivity contribution in [3.8, 4) is 0 Å². The van der Waals surface area contributed by atoms with Crippen LogP contribution in [0, 0.1) is 0 Å². The summed E-state index contributed by atoms with van der Waals surface area (Å²) in [5.74, 6) is -4.28. The van der Waals surface area contributed by atoms with E-state index < -0.39 is 40.9 Å². The van der Waals surface area contributed by atoms with Crippen molar-refractivity contribution >= 4 is 35.3 Å². The van der Waals surface area contributed by atoms with E-state index in [-0.39, 0.29) is 21.6 Å². The fourth-order valence-corrected chi connectivity index (χ4v) is 4.89. The Kier molecular flexibility index (Phi) is 6.92. The Hall–Kier alpha value is -3.63. The summed E-state index contributed by atoms with van der Waals surface area (Å²) < 4.78 is 73.6. The van der Waals surface area contributed by atoms with Crippen molar-refractivity contribution in [2.75, 3.05) is 14.2 Å². The average molecular weight is 518 g/mol. The molecule has 0 aromatic heterocycles. The van der Waals surface area contributed by atoms with Crippen molar-refractivity contribution in [1.29, 1.82) is 0 Å². The first kappa shape index (κ1) is 25.5. The molecule has 0 radical (unpaired) electrons. The molecule has 5 nitrogen and oxygen atoms in total. The second kappa shape index (κ2) is 9.79. The second-order valence-electron chi connectivity index (χ2n) is 7.58. The summed E-state index contributed by atoms with van der Waals surface area (Å²) in [4.78, 5) is 25.9. The van der Waals surface area contributed by atoms with Crippen LogP contribution in [0.15, 0.2) is 82.6 Å². The molecule has 1 atom stereocenters. The number of carbonyl (C=O) groups is 2. The van der Waals surface area contributed by atoms with E-state index in [0.29, 0.717) is 4.90 Å². The minimum absolute atomic E-state index is 0.0596. The second-order valence-corrected chi connectivity index (χ2v) is 8.67. The monoisotopic (exact) mass is 518 g/mol. The van der Waals surface area contributed by atoms with E-state index >= 15 is 4.39 Å². The fourth-order valence-electron chi connectivity index (χ4n) is 3.79. The SMILES string of the molecule is COC(=O)c1ccc2c(c1)Sc1ccccc1C(OC(=O)C(OC)(c1ccccc1)C(F)(F)F)=C2F. The summed E-state index contributed by atoms with van der Waals surface area (Å²) in [6.45, 7) is 0. The summed E-state index contributed by atoms with van der Waals surface area (Å²) in [5, 5.41) is 0. The Morgan fingerprint density at radius 3 is 2.14 bits per heavy atom. The van der Waals surface area contributed by atoms with Gasteiger partial charge in [0.1, 0.15) is 0 Å². The van der Waals surface area contributed by atoms with Crippen LogP contribution in [0.2, 0.25) is 0 Å². The number of hydrogen-bond acceptors (Lipinski definition) is 6. The van der Waals surface area contributed by atoms with Gasteiger partial charge in [-0.15, -0.1) is 0 Å². The maximum Gasteiger partial charge on any atom is 0.432 e. The van der Waals surface area contributed by atoms with Gasteiger partial charge in [-0.3, -0.25) is 0 Å². The zero-order valence-corrected chi connectivity index (χ0v) is 19.7. The zero-order valence-electron chi connectivity index (χ0n) is 18.9. The van der Waals surface area contributed by atoms with Crippen molar-refractivity contribution in [2.24, 2.45) is 0 Å². The summed E-state index contributed by atoms with van der Waals surface area (Å²) >= 11 is 1.06. The van der Waals surface area contributed by atoms with Crippen LogP contribution < -0.4 is 0 Å². The third-order valence-electron chi connectivity index (χ3n) is 5.56. The smallest absolute Gasteiger partial charge is 0.432 e. The summed E-state index contributed by atoms with van der Waals surface area (Å²) in [6, 6.07) is 16.4. The van der Waals surface area contributed by atoms with Gasteiger partial charge in [0, 0.05) is 33.6 Å². The van der Waals surface area contributed by atoms with Crippen LogP contribution in [0.4, 0.5) is 17.6 Å². The van der Waals surface area contributed by atoms with E-state index in [9.17, 15) is 22.8 Å². The lowest BCUT2D eigenvalue weighted by Gasteiger charge is -2.32. The topological polar surface area (TPSA) is 61.8 Å². The first-order valence-electron chi connectivity index (χ1n) is 10.4. The normalized spacial score (nSPS) is 14.7. The standard InChI is InChI=1S/C26H18F4O5S/c1-33-23(31)15-12-13-17-20(14-15)36-19-11-7-6-10-18(19)22(21(17)27)35-24(32)25(34-2,26(28,29)30)16-8-4-3-5-9-16/h3-14H,1-2H3. The zero-order chi connectivity index (χ0) is 26.1. The van der Waals surface area contributed by atoms with Gasteiger partial charge < -0.3 is 14.2 Å². The first-order valence-corrected chi connectivity index (χ1v) is 11.2. The third kappa shape index (κ3) is 4.27. The third-order valence-corrected chi connectivity index (χ3v) is 6.69. The van der Waals surface area contributed by atoms with Crippen LogP contribution in [0.5, 0.6) is 0 Å². The molecule has 0 spiro atoms. The van der Waals surface area contributed by atoms with Gasteiger partial charge in [0.2, 0.25) is 0 Å². The van der Waals surface area contributed by atoms with Gasteiger partial charge in [-0.05, 0) is 30.3 Å². The number of methoxy groups -OCH3 is 2. The Morgan fingerprint density at radius 1 is 0.833 bits per heavy atom. The molecule has 10 heteroatoms. The quantitative estimate of drug-likeness (QED) is 0.289. The number of fused-ring (bicyclic) bond motifs is 2. The van der Waals surface area contributed by atoms with E-state index in [1.54, 1.807) is 12.1 Å². The van der Waals surface area contributed by atoms with Gasteiger partial charge in [-0.2, -0.15) is 13.2 Å². The van der Waals surface area contributed by atoms with Gasteiger partial charge in [0.25, 0.3) is 5.60 Å². The molecule has 0 bridgehead atoms. The molecule has 0 saturated heterocycles. The molecule has 1 heterocycles. The number of esters is 2. The minimum Gasteiger partial charge on any atom is -0.465 e.